The Hall–Kier alpha value is -2.85. The van der Waals surface area contributed by atoms with Crippen molar-refractivity contribution in [3.63, 3.8) is 0 Å². The van der Waals surface area contributed by atoms with E-state index in [2.05, 4.69) is 10.3 Å². The first kappa shape index (κ1) is 24.8. The van der Waals surface area contributed by atoms with Crippen molar-refractivity contribution in [3.05, 3.63) is 46.7 Å². The fourth-order valence-corrected chi connectivity index (χ4v) is 4.38. The van der Waals surface area contributed by atoms with Crippen molar-refractivity contribution >= 4 is 34.2 Å². The van der Waals surface area contributed by atoms with Crippen LogP contribution in [-0.4, -0.2) is 70.4 Å². The van der Waals surface area contributed by atoms with Crippen LogP contribution in [0.15, 0.2) is 29.6 Å². The Labute approximate surface area is 196 Å². The molecule has 2 aromatic rings. The van der Waals surface area contributed by atoms with Gasteiger partial charge in [-0.15, -0.1) is 11.3 Å². The van der Waals surface area contributed by atoms with Gasteiger partial charge in [0.05, 0.1) is 24.3 Å². The van der Waals surface area contributed by atoms with E-state index in [-0.39, 0.29) is 43.0 Å². The molecule has 33 heavy (non-hydrogen) atoms. The first-order valence-corrected chi connectivity index (χ1v) is 11.7. The van der Waals surface area contributed by atoms with E-state index in [0.717, 1.165) is 0 Å². The first-order valence-electron chi connectivity index (χ1n) is 10.9. The van der Waals surface area contributed by atoms with Gasteiger partial charge in [-0.1, -0.05) is 0 Å². The number of morpholine rings is 1. The number of carbonyl (C=O) groups excluding carboxylic acids is 3. The third-order valence-electron chi connectivity index (χ3n) is 5.19. The number of halogens is 1. The average molecular weight is 477 g/mol. The predicted molar refractivity (Wildman–Crippen MR) is 124 cm³/mol. The fraction of sp³-hybridized carbons (Fsp3) is 0.478. The van der Waals surface area contributed by atoms with E-state index in [1.165, 1.54) is 40.5 Å². The molecular weight excluding hydrogens is 447 g/mol. The lowest BCUT2D eigenvalue weighted by Gasteiger charge is -2.35. The van der Waals surface area contributed by atoms with E-state index >= 15 is 0 Å². The second-order valence-electron chi connectivity index (χ2n) is 8.46. The molecule has 1 aliphatic rings. The summed E-state index contributed by atoms with van der Waals surface area (Å²) >= 11 is 1.23. The minimum Gasteiger partial charge on any atom is -0.372 e. The molecule has 0 bridgehead atoms. The number of ether oxygens (including phenoxy) is 1. The van der Waals surface area contributed by atoms with E-state index < -0.39 is 11.7 Å². The summed E-state index contributed by atoms with van der Waals surface area (Å²) in [6.45, 7) is 8.39. The number of thiazole rings is 1. The maximum Gasteiger partial charge on any atom is 0.254 e. The molecule has 178 valence electrons. The lowest BCUT2D eigenvalue weighted by atomic mass is 10.1. The summed E-state index contributed by atoms with van der Waals surface area (Å²) in [7, 11) is 0. The van der Waals surface area contributed by atoms with Gasteiger partial charge >= 0.3 is 0 Å². The van der Waals surface area contributed by atoms with Crippen molar-refractivity contribution in [1.29, 1.82) is 0 Å². The van der Waals surface area contributed by atoms with Crippen LogP contribution in [0.2, 0.25) is 0 Å². The smallest absolute Gasteiger partial charge is 0.254 e. The van der Waals surface area contributed by atoms with Crippen molar-refractivity contribution < 1.29 is 23.5 Å². The lowest BCUT2D eigenvalue weighted by Crippen LogP contribution is -2.48. The highest BCUT2D eigenvalue weighted by molar-refractivity contribution is 7.13. The Morgan fingerprint density at radius 2 is 1.85 bits per heavy atom. The normalized spacial score (nSPS) is 18.3. The van der Waals surface area contributed by atoms with E-state index in [0.29, 0.717) is 29.5 Å². The van der Waals surface area contributed by atoms with Crippen LogP contribution < -0.4 is 5.32 Å². The van der Waals surface area contributed by atoms with Crippen LogP contribution in [0.25, 0.3) is 0 Å². The largest absolute Gasteiger partial charge is 0.372 e. The van der Waals surface area contributed by atoms with Crippen molar-refractivity contribution in [1.82, 2.24) is 14.8 Å². The average Bonchev–Trinajstić information content (AvgIpc) is 3.17. The second kappa shape index (κ2) is 10.8. The Morgan fingerprint density at radius 3 is 2.45 bits per heavy atom. The molecule has 2 atom stereocenters. The molecule has 1 aromatic heterocycles. The van der Waals surface area contributed by atoms with Crippen molar-refractivity contribution in [3.8, 4) is 0 Å². The molecule has 1 fully saturated rings. The molecule has 8 nitrogen and oxygen atoms in total. The number of carbonyl (C=O) groups is 3. The summed E-state index contributed by atoms with van der Waals surface area (Å²) in [4.78, 5) is 45.5. The molecule has 0 spiro atoms. The summed E-state index contributed by atoms with van der Waals surface area (Å²) in [6, 6.07) is 4.97. The Kier molecular flexibility index (Phi) is 8.15. The zero-order chi connectivity index (χ0) is 24.1. The Balaban J connectivity index is 1.57. The topological polar surface area (TPSA) is 91.8 Å². The van der Waals surface area contributed by atoms with Crippen molar-refractivity contribution in [2.75, 3.05) is 25.0 Å². The summed E-state index contributed by atoms with van der Waals surface area (Å²) in [5, 5.41) is 4.81. The lowest BCUT2D eigenvalue weighted by molar-refractivity contribution is -0.142. The van der Waals surface area contributed by atoms with E-state index in [1.807, 2.05) is 13.8 Å². The molecule has 2 heterocycles. The zero-order valence-corrected chi connectivity index (χ0v) is 20.0. The molecule has 2 unspecified atom stereocenters. The van der Waals surface area contributed by atoms with E-state index in [1.54, 1.807) is 24.1 Å². The first-order chi connectivity index (χ1) is 15.6. The molecule has 3 rings (SSSR count). The van der Waals surface area contributed by atoms with Gasteiger partial charge in [0, 0.05) is 30.1 Å². The maximum absolute atomic E-state index is 13.2. The molecule has 1 aromatic carbocycles. The Morgan fingerprint density at radius 1 is 1.21 bits per heavy atom. The molecule has 0 saturated carbocycles. The number of hydrogen-bond acceptors (Lipinski definition) is 6. The van der Waals surface area contributed by atoms with E-state index in [4.69, 9.17) is 4.74 Å². The number of anilines is 1. The molecule has 10 heteroatoms. The summed E-state index contributed by atoms with van der Waals surface area (Å²) < 4.78 is 18.8. The van der Waals surface area contributed by atoms with Gasteiger partial charge in [0.15, 0.2) is 5.13 Å². The number of rotatable bonds is 7. The van der Waals surface area contributed by atoms with Gasteiger partial charge in [0.2, 0.25) is 11.8 Å². The zero-order valence-electron chi connectivity index (χ0n) is 19.2. The maximum atomic E-state index is 13.2. The van der Waals surface area contributed by atoms with Crippen LogP contribution >= 0.6 is 11.3 Å². The van der Waals surface area contributed by atoms with Gasteiger partial charge in [-0.3, -0.25) is 14.4 Å². The van der Waals surface area contributed by atoms with Crippen LogP contribution in [0.4, 0.5) is 9.52 Å². The number of aromatic nitrogens is 1. The SMILES string of the molecule is CC1CN(C(=O)Cc2csc(NC(=O)CN(C(=O)c3ccc(F)cc3)C(C)C)n2)CC(C)O1. The third-order valence-corrected chi connectivity index (χ3v) is 6.00. The van der Waals surface area contributed by atoms with Crippen LogP contribution in [0.3, 0.4) is 0 Å². The highest BCUT2D eigenvalue weighted by Crippen LogP contribution is 2.18. The highest BCUT2D eigenvalue weighted by Gasteiger charge is 2.26. The van der Waals surface area contributed by atoms with Gasteiger partial charge in [0.1, 0.15) is 12.4 Å². The Bertz CT molecular complexity index is 985. The molecule has 0 radical (unpaired) electrons. The second-order valence-corrected chi connectivity index (χ2v) is 9.32. The van der Waals surface area contributed by atoms with Gasteiger partial charge < -0.3 is 19.9 Å². The quantitative estimate of drug-likeness (QED) is 0.664. The summed E-state index contributed by atoms with van der Waals surface area (Å²) in [6.07, 6.45) is 0.126. The van der Waals surface area contributed by atoms with Crippen LogP contribution in [0.1, 0.15) is 43.7 Å². The van der Waals surface area contributed by atoms with Crippen molar-refractivity contribution in [2.45, 2.75) is 52.4 Å². The van der Waals surface area contributed by atoms with E-state index in [9.17, 15) is 18.8 Å². The standard InChI is InChI=1S/C23H29FN4O4S/c1-14(2)28(22(31)17-5-7-18(24)8-6-17)12-20(29)26-23-25-19(13-33-23)9-21(30)27-10-15(3)32-16(4)11-27/h5-8,13-16H,9-12H2,1-4H3,(H,25,26,29). The molecule has 3 amide bonds. The van der Waals surface area contributed by atoms with Crippen LogP contribution in [0, 0.1) is 5.82 Å². The third kappa shape index (κ3) is 6.82. The van der Waals surface area contributed by atoms with Gasteiger partial charge in [-0.2, -0.15) is 0 Å². The number of nitrogens with zero attached hydrogens (tertiary/aromatic N) is 3. The predicted octanol–water partition coefficient (Wildman–Crippen LogP) is 2.95. The molecule has 1 aliphatic heterocycles. The minimum atomic E-state index is -0.434. The summed E-state index contributed by atoms with van der Waals surface area (Å²) in [5.74, 6) is -1.23. The van der Waals surface area contributed by atoms with Crippen LogP contribution in [-0.2, 0) is 20.7 Å². The number of amides is 3. The molecular formula is C23H29FN4O4S. The molecule has 0 aliphatic carbocycles. The van der Waals surface area contributed by atoms with Gasteiger partial charge in [0.25, 0.3) is 5.91 Å². The van der Waals surface area contributed by atoms with Gasteiger partial charge in [-0.05, 0) is 52.0 Å². The van der Waals surface area contributed by atoms with Gasteiger partial charge in [-0.25, -0.2) is 9.37 Å². The highest BCUT2D eigenvalue weighted by atomic mass is 32.1. The number of hydrogen-bond donors (Lipinski definition) is 1. The fourth-order valence-electron chi connectivity index (χ4n) is 3.65. The molecule has 1 saturated heterocycles. The van der Waals surface area contributed by atoms with Crippen LogP contribution in [0.5, 0.6) is 0 Å². The number of nitrogens with one attached hydrogen (secondary N) is 1. The van der Waals surface area contributed by atoms with Crippen molar-refractivity contribution in [2.24, 2.45) is 0 Å². The minimum absolute atomic E-state index is 0.00972. The summed E-state index contributed by atoms with van der Waals surface area (Å²) in [5.41, 5.74) is 0.884. The number of benzene rings is 1. The molecule has 1 N–H and O–H groups in total. The monoisotopic (exact) mass is 476 g/mol.